The predicted octanol–water partition coefficient (Wildman–Crippen LogP) is 3.39. The van der Waals surface area contributed by atoms with Crippen molar-refractivity contribution in [1.82, 2.24) is 0 Å². The Morgan fingerprint density at radius 3 is 2.67 bits per heavy atom. The van der Waals surface area contributed by atoms with Gasteiger partial charge in [0.15, 0.2) is 0 Å². The Labute approximate surface area is 125 Å². The quantitative estimate of drug-likeness (QED) is 0.516. The van der Waals surface area contributed by atoms with Gasteiger partial charge in [-0.2, -0.15) is 0 Å². The second kappa shape index (κ2) is 5.80. The summed E-state index contributed by atoms with van der Waals surface area (Å²) in [6.45, 7) is 1.84. The number of nitrogens with two attached hydrogens (primary N) is 1. The number of hydrogen-bond donors (Lipinski definition) is 2. The van der Waals surface area contributed by atoms with Crippen LogP contribution in [-0.2, 0) is 0 Å². The van der Waals surface area contributed by atoms with Crippen molar-refractivity contribution in [2.45, 2.75) is 6.92 Å². The zero-order valence-corrected chi connectivity index (χ0v) is 11.8. The first kappa shape index (κ1) is 14.8. The topological polar surface area (TPSA) is 98.3 Å². The maximum Gasteiger partial charge on any atom is 0.292 e. The molecular weight excluding hydrogens is 294 g/mol. The van der Waals surface area contributed by atoms with Crippen molar-refractivity contribution in [3.05, 3.63) is 62.7 Å². The van der Waals surface area contributed by atoms with Crippen LogP contribution in [0.1, 0.15) is 15.9 Å². The van der Waals surface area contributed by atoms with Crippen LogP contribution < -0.4 is 11.1 Å². The Bertz CT molecular complexity index is 731. The molecule has 6 nitrogen and oxygen atoms in total. The molecule has 0 heterocycles. The summed E-state index contributed by atoms with van der Waals surface area (Å²) < 4.78 is 0. The third kappa shape index (κ3) is 3.11. The van der Waals surface area contributed by atoms with E-state index in [0.717, 1.165) is 5.56 Å². The minimum Gasteiger partial charge on any atom is -0.393 e. The van der Waals surface area contributed by atoms with Crippen molar-refractivity contribution in [2.24, 2.45) is 0 Å². The zero-order chi connectivity index (χ0) is 15.6. The molecule has 2 rings (SSSR count). The smallest absolute Gasteiger partial charge is 0.292 e. The van der Waals surface area contributed by atoms with E-state index in [1.807, 2.05) is 6.92 Å². The average molecular weight is 306 g/mol. The molecule has 0 radical (unpaired) electrons. The SMILES string of the molecule is Cc1ccc(NC(=O)c2cccc([N+](=O)[O-])c2N)cc1Cl. The number of aryl methyl sites for hydroxylation is 1. The predicted molar refractivity (Wildman–Crippen MR) is 81.7 cm³/mol. The molecule has 0 aliphatic heterocycles. The van der Waals surface area contributed by atoms with E-state index in [1.54, 1.807) is 18.2 Å². The molecule has 0 aromatic heterocycles. The van der Waals surface area contributed by atoms with Crippen LogP contribution >= 0.6 is 11.6 Å². The minimum atomic E-state index is -0.630. The number of hydrogen-bond acceptors (Lipinski definition) is 4. The van der Waals surface area contributed by atoms with Gasteiger partial charge in [-0.05, 0) is 30.7 Å². The van der Waals surface area contributed by atoms with Gasteiger partial charge in [0.1, 0.15) is 5.69 Å². The first-order valence-electron chi connectivity index (χ1n) is 6.00. The minimum absolute atomic E-state index is 0.0425. The molecule has 0 aliphatic rings. The van der Waals surface area contributed by atoms with Gasteiger partial charge in [-0.25, -0.2) is 0 Å². The lowest BCUT2D eigenvalue weighted by Gasteiger charge is -2.08. The highest BCUT2D eigenvalue weighted by atomic mass is 35.5. The summed E-state index contributed by atoms with van der Waals surface area (Å²) in [5.41, 5.74) is 6.60. The molecule has 0 fully saturated rings. The van der Waals surface area contributed by atoms with Crippen LogP contribution in [0.4, 0.5) is 17.1 Å². The van der Waals surface area contributed by atoms with Crippen LogP contribution in [0.2, 0.25) is 5.02 Å². The molecule has 0 bridgehead atoms. The number of amides is 1. The fraction of sp³-hybridized carbons (Fsp3) is 0.0714. The molecular formula is C14H12ClN3O3. The molecule has 3 N–H and O–H groups in total. The molecule has 108 valence electrons. The maximum atomic E-state index is 12.1. The summed E-state index contributed by atoms with van der Waals surface area (Å²) in [5.74, 6) is -0.531. The zero-order valence-electron chi connectivity index (χ0n) is 11.1. The van der Waals surface area contributed by atoms with Crippen molar-refractivity contribution in [2.75, 3.05) is 11.1 Å². The third-order valence-electron chi connectivity index (χ3n) is 2.95. The number of rotatable bonds is 3. The van der Waals surface area contributed by atoms with Gasteiger partial charge in [-0.3, -0.25) is 14.9 Å². The van der Waals surface area contributed by atoms with E-state index < -0.39 is 10.8 Å². The lowest BCUT2D eigenvalue weighted by Crippen LogP contribution is -2.14. The highest BCUT2D eigenvalue weighted by molar-refractivity contribution is 6.31. The number of carbonyl (C=O) groups excluding carboxylic acids is 1. The largest absolute Gasteiger partial charge is 0.393 e. The molecule has 1 amide bonds. The lowest BCUT2D eigenvalue weighted by molar-refractivity contribution is -0.383. The van der Waals surface area contributed by atoms with Gasteiger partial charge in [0, 0.05) is 16.8 Å². The maximum absolute atomic E-state index is 12.1. The fourth-order valence-corrected chi connectivity index (χ4v) is 1.96. The molecule has 0 atom stereocenters. The highest BCUT2D eigenvalue weighted by Crippen LogP contribution is 2.26. The van der Waals surface area contributed by atoms with Gasteiger partial charge in [0.05, 0.1) is 10.5 Å². The van der Waals surface area contributed by atoms with Gasteiger partial charge in [0.2, 0.25) is 0 Å². The summed E-state index contributed by atoms with van der Waals surface area (Å²) in [6, 6.07) is 9.12. The van der Waals surface area contributed by atoms with E-state index in [0.29, 0.717) is 10.7 Å². The Morgan fingerprint density at radius 1 is 1.33 bits per heavy atom. The molecule has 0 spiro atoms. The molecule has 7 heteroatoms. The molecule has 0 saturated carbocycles. The number of carbonyl (C=O) groups is 1. The molecule has 0 aliphatic carbocycles. The summed E-state index contributed by atoms with van der Waals surface area (Å²) >= 11 is 5.98. The van der Waals surface area contributed by atoms with Crippen molar-refractivity contribution in [3.63, 3.8) is 0 Å². The third-order valence-corrected chi connectivity index (χ3v) is 3.36. The Hall–Kier alpha value is -2.60. The molecule has 2 aromatic rings. The number of benzene rings is 2. The van der Waals surface area contributed by atoms with Crippen molar-refractivity contribution in [1.29, 1.82) is 0 Å². The fourth-order valence-electron chi connectivity index (χ4n) is 1.78. The van der Waals surface area contributed by atoms with E-state index in [4.69, 9.17) is 17.3 Å². The number of para-hydroxylation sites is 1. The molecule has 0 unspecified atom stereocenters. The summed E-state index contributed by atoms with van der Waals surface area (Å²) in [7, 11) is 0. The van der Waals surface area contributed by atoms with E-state index in [-0.39, 0.29) is 16.9 Å². The number of nitro benzene ring substituents is 1. The number of nitrogens with one attached hydrogen (secondary N) is 1. The number of halogens is 1. The molecule has 21 heavy (non-hydrogen) atoms. The Balaban J connectivity index is 2.30. The van der Waals surface area contributed by atoms with Crippen molar-refractivity contribution < 1.29 is 9.72 Å². The molecule has 2 aromatic carbocycles. The van der Waals surface area contributed by atoms with Crippen molar-refractivity contribution in [3.8, 4) is 0 Å². The van der Waals surface area contributed by atoms with E-state index in [2.05, 4.69) is 5.32 Å². The number of nitro groups is 1. The second-order valence-corrected chi connectivity index (χ2v) is 4.82. The normalized spacial score (nSPS) is 10.2. The summed E-state index contributed by atoms with van der Waals surface area (Å²) in [4.78, 5) is 22.3. The van der Waals surface area contributed by atoms with E-state index in [1.165, 1.54) is 18.2 Å². The van der Waals surface area contributed by atoms with Gasteiger partial charge in [0.25, 0.3) is 11.6 Å². The van der Waals surface area contributed by atoms with Gasteiger partial charge in [-0.15, -0.1) is 0 Å². The Kier molecular flexibility index (Phi) is 4.09. The number of nitrogens with zero attached hydrogens (tertiary/aromatic N) is 1. The molecule has 0 saturated heterocycles. The van der Waals surface area contributed by atoms with Crippen LogP contribution in [-0.4, -0.2) is 10.8 Å². The lowest BCUT2D eigenvalue weighted by atomic mass is 10.1. The first-order valence-corrected chi connectivity index (χ1v) is 6.38. The number of nitrogen functional groups attached to an aromatic ring is 1. The Morgan fingerprint density at radius 2 is 2.05 bits per heavy atom. The van der Waals surface area contributed by atoms with Crippen LogP contribution in [0, 0.1) is 17.0 Å². The van der Waals surface area contributed by atoms with E-state index in [9.17, 15) is 14.9 Å². The van der Waals surface area contributed by atoms with Crippen LogP contribution in [0.5, 0.6) is 0 Å². The summed E-state index contributed by atoms with van der Waals surface area (Å²) in [6.07, 6.45) is 0. The van der Waals surface area contributed by atoms with E-state index >= 15 is 0 Å². The van der Waals surface area contributed by atoms with Gasteiger partial charge < -0.3 is 11.1 Å². The summed E-state index contributed by atoms with van der Waals surface area (Å²) in [5, 5.41) is 13.9. The standard InChI is InChI=1S/C14H12ClN3O3/c1-8-5-6-9(7-11(8)15)17-14(19)10-3-2-4-12(13(10)16)18(20)21/h2-7H,16H2,1H3,(H,17,19). The van der Waals surface area contributed by atoms with Crippen molar-refractivity contribution >= 4 is 34.6 Å². The average Bonchev–Trinajstić information content (AvgIpc) is 2.42. The monoisotopic (exact) mass is 305 g/mol. The second-order valence-electron chi connectivity index (χ2n) is 4.41. The van der Waals surface area contributed by atoms with Gasteiger partial charge >= 0.3 is 0 Å². The van der Waals surface area contributed by atoms with Crippen LogP contribution in [0.15, 0.2) is 36.4 Å². The van der Waals surface area contributed by atoms with Crippen LogP contribution in [0.3, 0.4) is 0 Å². The van der Waals surface area contributed by atoms with Crippen LogP contribution in [0.25, 0.3) is 0 Å². The first-order chi connectivity index (χ1) is 9.90. The van der Waals surface area contributed by atoms with Gasteiger partial charge in [-0.1, -0.05) is 23.7 Å². The number of anilines is 2. The highest BCUT2D eigenvalue weighted by Gasteiger charge is 2.19.